The highest BCUT2D eigenvalue weighted by Crippen LogP contribution is 2.60. The van der Waals surface area contributed by atoms with Crippen molar-refractivity contribution in [3.8, 4) is 17.2 Å². The molecule has 4 heterocycles. The van der Waals surface area contributed by atoms with Gasteiger partial charge in [-0.3, -0.25) is 18.8 Å². The van der Waals surface area contributed by atoms with E-state index < -0.39 is 13.7 Å². The maximum absolute atomic E-state index is 15.1. The van der Waals surface area contributed by atoms with Gasteiger partial charge in [-0.25, -0.2) is 0 Å². The number of pyridine rings is 1. The Hall–Kier alpha value is -5.04. The first-order valence-electron chi connectivity index (χ1n) is 17.7. The van der Waals surface area contributed by atoms with E-state index in [2.05, 4.69) is 42.5 Å². The Balaban J connectivity index is 1.23. The van der Waals surface area contributed by atoms with Gasteiger partial charge in [0.15, 0.2) is 11.4 Å². The van der Waals surface area contributed by atoms with Crippen molar-refractivity contribution in [2.45, 2.75) is 63.2 Å². The van der Waals surface area contributed by atoms with Gasteiger partial charge in [0.25, 0.3) is 11.5 Å². The first kappa shape index (κ1) is 35.4. The third-order valence-corrected chi connectivity index (χ3v) is 15.4. The van der Waals surface area contributed by atoms with Crippen molar-refractivity contribution < 1.29 is 24.1 Å². The van der Waals surface area contributed by atoms with Crippen LogP contribution >= 0.6 is 0 Å². The van der Waals surface area contributed by atoms with Crippen molar-refractivity contribution in [3.05, 3.63) is 124 Å². The molecule has 1 saturated heterocycles. The molecule has 2 aliphatic rings. The molecule has 3 aromatic carbocycles. The van der Waals surface area contributed by atoms with Crippen molar-refractivity contribution in [1.82, 2.24) is 19.6 Å². The van der Waals surface area contributed by atoms with Gasteiger partial charge in [-0.1, -0.05) is 72.9 Å². The predicted molar refractivity (Wildman–Crippen MR) is 201 cm³/mol. The fourth-order valence-electron chi connectivity index (χ4n) is 8.41. The summed E-state index contributed by atoms with van der Waals surface area (Å²) in [5, 5.41) is 19.2. The van der Waals surface area contributed by atoms with E-state index in [0.29, 0.717) is 31.6 Å². The summed E-state index contributed by atoms with van der Waals surface area (Å²) in [5.74, 6) is 0.876. The minimum atomic E-state index is -2.31. The molecular formula is C40H45N5O6Si. The van der Waals surface area contributed by atoms with Gasteiger partial charge in [0.2, 0.25) is 0 Å². The van der Waals surface area contributed by atoms with E-state index in [0.717, 1.165) is 28.3 Å². The number of fused-ring (bicyclic) bond motifs is 2. The monoisotopic (exact) mass is 719 g/mol. The average Bonchev–Trinajstić information content (AvgIpc) is 3.81. The van der Waals surface area contributed by atoms with Gasteiger partial charge in [-0.2, -0.15) is 0 Å². The molecule has 0 unspecified atom stereocenters. The van der Waals surface area contributed by atoms with Crippen molar-refractivity contribution in [3.63, 3.8) is 0 Å². The molecule has 0 saturated carbocycles. The van der Waals surface area contributed by atoms with Gasteiger partial charge in [-0.15, -0.1) is 5.10 Å². The Morgan fingerprint density at radius 1 is 0.942 bits per heavy atom. The van der Waals surface area contributed by atoms with E-state index in [4.69, 9.17) is 14.2 Å². The van der Waals surface area contributed by atoms with Crippen LogP contribution < -0.4 is 25.1 Å². The molecule has 270 valence electrons. The fraction of sp³-hybridized carbons (Fsp3) is 0.350. The Morgan fingerprint density at radius 3 is 2.40 bits per heavy atom. The molecule has 11 nitrogen and oxygen atoms in total. The number of aliphatic hydroxyl groups excluding tert-OH is 1. The molecule has 0 radical (unpaired) electrons. The van der Waals surface area contributed by atoms with Crippen LogP contribution in [0, 0.1) is 5.92 Å². The number of carbonyl (C=O) groups is 1. The van der Waals surface area contributed by atoms with Crippen LogP contribution in [0.3, 0.4) is 0 Å². The summed E-state index contributed by atoms with van der Waals surface area (Å²) < 4.78 is 21.3. The summed E-state index contributed by atoms with van der Waals surface area (Å²) in [6.45, 7) is 7.87. The van der Waals surface area contributed by atoms with Crippen LogP contribution in [-0.2, 0) is 34.6 Å². The van der Waals surface area contributed by atoms with Crippen LogP contribution in [0.2, 0.25) is 18.6 Å². The second-order valence-electron chi connectivity index (χ2n) is 14.2. The number of benzene rings is 3. The van der Waals surface area contributed by atoms with E-state index in [1.54, 1.807) is 30.0 Å². The SMILES string of the molecule is COc1ccc([Si](C)(C)[C@@H]2[C@@H](CCn3cc(CCO)nn3)O[C@]3(C(=O)N(Cc4ccc(-n5cccc(OC)c5=O)cc4)c4ccccc43)[C@H]2C)cc1. The first-order chi connectivity index (χ1) is 25.1. The lowest BCUT2D eigenvalue weighted by Gasteiger charge is -2.37. The third-order valence-electron chi connectivity index (χ3n) is 11.0. The molecular weight excluding hydrogens is 675 g/mol. The lowest BCUT2D eigenvalue weighted by atomic mass is 9.82. The smallest absolute Gasteiger partial charge is 0.297 e. The number of aryl methyl sites for hydroxylation is 1. The number of methoxy groups -OCH3 is 2. The second kappa shape index (κ2) is 14.2. The van der Waals surface area contributed by atoms with E-state index >= 15 is 4.79 Å². The molecule has 5 aromatic rings. The van der Waals surface area contributed by atoms with Crippen LogP contribution in [0.1, 0.15) is 30.2 Å². The van der Waals surface area contributed by atoms with Gasteiger partial charge < -0.3 is 24.2 Å². The van der Waals surface area contributed by atoms with E-state index in [1.165, 1.54) is 12.3 Å². The van der Waals surface area contributed by atoms with Gasteiger partial charge in [0.1, 0.15) is 5.75 Å². The summed E-state index contributed by atoms with van der Waals surface area (Å²) in [6.07, 6.45) is 4.44. The summed E-state index contributed by atoms with van der Waals surface area (Å²) in [5.41, 5.74) is 2.79. The molecule has 4 atom stereocenters. The van der Waals surface area contributed by atoms with E-state index in [-0.39, 0.29) is 41.4 Å². The van der Waals surface area contributed by atoms with Crippen LogP contribution in [0.15, 0.2) is 102 Å². The summed E-state index contributed by atoms with van der Waals surface area (Å²) >= 11 is 0. The minimum Gasteiger partial charge on any atom is -0.497 e. The van der Waals surface area contributed by atoms with Crippen LogP contribution in [0.4, 0.5) is 5.69 Å². The fourth-order valence-corrected chi connectivity index (χ4v) is 12.5. The first-order valence-corrected chi connectivity index (χ1v) is 20.8. The number of aliphatic hydroxyl groups is 1. The number of carbonyl (C=O) groups excluding carboxylic acids is 1. The van der Waals surface area contributed by atoms with Gasteiger partial charge in [-0.05, 0) is 60.0 Å². The van der Waals surface area contributed by atoms with E-state index in [9.17, 15) is 9.90 Å². The molecule has 1 spiro atoms. The number of hydrogen-bond acceptors (Lipinski definition) is 8. The highest BCUT2D eigenvalue weighted by Gasteiger charge is 2.66. The van der Waals surface area contributed by atoms with Crippen molar-refractivity contribution in [2.75, 3.05) is 25.7 Å². The predicted octanol–water partition coefficient (Wildman–Crippen LogP) is 4.83. The Morgan fingerprint density at radius 2 is 1.69 bits per heavy atom. The minimum absolute atomic E-state index is 0.0125. The highest BCUT2D eigenvalue weighted by atomic mass is 28.3. The Kier molecular flexibility index (Phi) is 9.64. The summed E-state index contributed by atoms with van der Waals surface area (Å²) in [4.78, 5) is 29.8. The molecule has 7 rings (SSSR count). The summed E-state index contributed by atoms with van der Waals surface area (Å²) in [7, 11) is 0.843. The molecule has 1 amide bonds. The van der Waals surface area contributed by atoms with Gasteiger partial charge in [0, 0.05) is 49.1 Å². The Bertz CT molecular complexity index is 2110. The largest absolute Gasteiger partial charge is 0.497 e. The molecule has 2 aromatic heterocycles. The molecule has 1 N–H and O–H groups in total. The lowest BCUT2D eigenvalue weighted by molar-refractivity contribution is -0.146. The zero-order valence-corrected chi connectivity index (χ0v) is 31.2. The molecule has 12 heteroatoms. The number of ether oxygens (including phenoxy) is 3. The standard InChI is InChI=1S/C40H45N5O6Si/c1-27-37(52(4,5)32-18-16-31(49-2)17-19-32)35(20-23-43-26-29(21-24-46)41-42-43)51-40(27)33-9-6-7-10-34(33)45(39(40)48)25-28-12-14-30(15-13-28)44-22-8-11-36(50-3)38(44)47/h6-19,22,26-27,35,37,46H,20-21,23-25H2,1-5H3/t27-,35+,37-,40+/m0/s1. The maximum Gasteiger partial charge on any atom is 0.297 e. The third kappa shape index (κ3) is 6.04. The van der Waals surface area contributed by atoms with Gasteiger partial charge in [0.05, 0.1) is 46.3 Å². The van der Waals surface area contributed by atoms with Crippen molar-refractivity contribution >= 4 is 24.9 Å². The second-order valence-corrected chi connectivity index (χ2v) is 18.9. The average molecular weight is 720 g/mol. The number of para-hydroxylation sites is 1. The number of aromatic nitrogens is 4. The van der Waals surface area contributed by atoms with Crippen LogP contribution in [0.25, 0.3) is 5.69 Å². The number of hydrogen-bond donors (Lipinski definition) is 1. The van der Waals surface area contributed by atoms with Crippen molar-refractivity contribution in [1.29, 1.82) is 0 Å². The van der Waals surface area contributed by atoms with Gasteiger partial charge >= 0.3 is 0 Å². The number of anilines is 1. The number of amides is 1. The molecule has 1 fully saturated rings. The zero-order chi connectivity index (χ0) is 36.6. The molecule has 52 heavy (non-hydrogen) atoms. The van der Waals surface area contributed by atoms with Crippen LogP contribution in [-0.4, -0.2) is 65.6 Å². The normalized spacial score (nSPS) is 21.2. The maximum atomic E-state index is 15.1. The number of nitrogens with zero attached hydrogens (tertiary/aromatic N) is 5. The van der Waals surface area contributed by atoms with E-state index in [1.807, 2.05) is 76.4 Å². The Labute approximate surface area is 304 Å². The zero-order valence-electron chi connectivity index (χ0n) is 30.2. The molecule has 2 aliphatic heterocycles. The number of rotatable bonds is 12. The topological polar surface area (TPSA) is 121 Å². The lowest BCUT2D eigenvalue weighted by Crippen LogP contribution is -2.51. The molecule has 0 aliphatic carbocycles. The quantitative estimate of drug-likeness (QED) is 0.182. The van der Waals surface area contributed by atoms with Crippen molar-refractivity contribution in [2.24, 2.45) is 5.92 Å². The highest BCUT2D eigenvalue weighted by molar-refractivity contribution is 6.91. The van der Waals surface area contributed by atoms with Crippen LogP contribution in [0.5, 0.6) is 11.5 Å². The summed E-state index contributed by atoms with van der Waals surface area (Å²) in [6, 6.07) is 27.5. The molecule has 0 bridgehead atoms.